The van der Waals surface area contributed by atoms with Gasteiger partial charge in [0.25, 0.3) is 0 Å². The van der Waals surface area contributed by atoms with Crippen molar-refractivity contribution in [3.05, 3.63) is 24.3 Å². The predicted octanol–water partition coefficient (Wildman–Crippen LogP) is 2.00. The minimum atomic E-state index is 0.802. The molecule has 0 aliphatic rings. The summed E-state index contributed by atoms with van der Waals surface area (Å²) in [7, 11) is 0. The van der Waals surface area contributed by atoms with Crippen LogP contribution in [0.15, 0.2) is 18.6 Å². The van der Waals surface area contributed by atoms with Crippen LogP contribution >= 0.6 is 0 Å². The lowest BCUT2D eigenvalue weighted by atomic mass is 10.1. The van der Waals surface area contributed by atoms with Crippen molar-refractivity contribution in [2.24, 2.45) is 5.92 Å². The van der Waals surface area contributed by atoms with E-state index >= 15 is 0 Å². The average Bonchev–Trinajstić information content (AvgIpc) is 2.18. The summed E-state index contributed by atoms with van der Waals surface area (Å²) < 4.78 is 0. The third-order valence-corrected chi connectivity index (χ3v) is 2.08. The van der Waals surface area contributed by atoms with E-state index in [1.54, 1.807) is 12.5 Å². The predicted molar refractivity (Wildman–Crippen MR) is 57.8 cm³/mol. The standard InChI is InChI=1S/C11H19N3/c1-10(2)4-3-6-12-8-11-5-7-13-9-14-11/h5,7,9-10,12H,3-4,6,8H2,1-2H3. The number of hydrogen-bond donors (Lipinski definition) is 1. The van der Waals surface area contributed by atoms with Gasteiger partial charge in [-0.3, -0.25) is 0 Å². The Morgan fingerprint density at radius 2 is 2.29 bits per heavy atom. The molecule has 0 bridgehead atoms. The van der Waals surface area contributed by atoms with Crippen molar-refractivity contribution in [2.75, 3.05) is 6.54 Å². The first-order chi connectivity index (χ1) is 6.79. The molecule has 0 aliphatic carbocycles. The molecule has 1 aromatic heterocycles. The molecule has 0 aromatic carbocycles. The smallest absolute Gasteiger partial charge is 0.115 e. The fourth-order valence-electron chi connectivity index (χ4n) is 1.27. The van der Waals surface area contributed by atoms with Crippen LogP contribution in [0.1, 0.15) is 32.4 Å². The fourth-order valence-corrected chi connectivity index (χ4v) is 1.27. The van der Waals surface area contributed by atoms with Crippen LogP contribution in [0.2, 0.25) is 0 Å². The monoisotopic (exact) mass is 193 g/mol. The summed E-state index contributed by atoms with van der Waals surface area (Å²) in [5.74, 6) is 0.802. The Morgan fingerprint density at radius 1 is 1.43 bits per heavy atom. The van der Waals surface area contributed by atoms with Gasteiger partial charge in [0.15, 0.2) is 0 Å². The van der Waals surface area contributed by atoms with Crippen LogP contribution in [-0.4, -0.2) is 16.5 Å². The minimum Gasteiger partial charge on any atom is -0.311 e. The highest BCUT2D eigenvalue weighted by molar-refractivity contribution is 4.96. The van der Waals surface area contributed by atoms with Gasteiger partial charge in [-0.05, 0) is 31.4 Å². The van der Waals surface area contributed by atoms with Crippen molar-refractivity contribution in [1.29, 1.82) is 0 Å². The molecule has 1 heterocycles. The van der Waals surface area contributed by atoms with E-state index in [-0.39, 0.29) is 0 Å². The van der Waals surface area contributed by atoms with Crippen molar-refractivity contribution in [1.82, 2.24) is 15.3 Å². The lowest BCUT2D eigenvalue weighted by molar-refractivity contribution is 0.525. The number of aromatic nitrogens is 2. The second kappa shape index (κ2) is 6.49. The van der Waals surface area contributed by atoms with E-state index in [2.05, 4.69) is 29.1 Å². The highest BCUT2D eigenvalue weighted by Gasteiger charge is 1.94. The molecule has 0 amide bonds. The van der Waals surface area contributed by atoms with E-state index in [9.17, 15) is 0 Å². The van der Waals surface area contributed by atoms with Crippen LogP contribution in [-0.2, 0) is 6.54 Å². The van der Waals surface area contributed by atoms with Gasteiger partial charge < -0.3 is 5.32 Å². The third-order valence-electron chi connectivity index (χ3n) is 2.08. The summed E-state index contributed by atoms with van der Waals surface area (Å²) in [6.07, 6.45) is 5.89. The molecule has 1 N–H and O–H groups in total. The van der Waals surface area contributed by atoms with E-state index in [0.717, 1.165) is 24.7 Å². The van der Waals surface area contributed by atoms with Gasteiger partial charge in [0.2, 0.25) is 0 Å². The van der Waals surface area contributed by atoms with Crippen LogP contribution in [0.5, 0.6) is 0 Å². The highest BCUT2D eigenvalue weighted by Crippen LogP contribution is 2.01. The zero-order valence-corrected chi connectivity index (χ0v) is 9.03. The molecule has 0 saturated heterocycles. The van der Waals surface area contributed by atoms with E-state index in [4.69, 9.17) is 0 Å². The quantitative estimate of drug-likeness (QED) is 0.702. The molecule has 0 fully saturated rings. The lowest BCUT2D eigenvalue weighted by Gasteiger charge is -2.05. The second-order valence-corrected chi connectivity index (χ2v) is 3.91. The van der Waals surface area contributed by atoms with Gasteiger partial charge in [-0.15, -0.1) is 0 Å². The van der Waals surface area contributed by atoms with Gasteiger partial charge in [-0.25, -0.2) is 9.97 Å². The van der Waals surface area contributed by atoms with Crippen molar-refractivity contribution < 1.29 is 0 Å². The van der Waals surface area contributed by atoms with Crippen molar-refractivity contribution in [3.63, 3.8) is 0 Å². The Hall–Kier alpha value is -0.960. The normalized spacial score (nSPS) is 10.8. The maximum Gasteiger partial charge on any atom is 0.115 e. The first-order valence-electron chi connectivity index (χ1n) is 5.24. The minimum absolute atomic E-state index is 0.802. The molecule has 0 atom stereocenters. The first-order valence-corrected chi connectivity index (χ1v) is 5.24. The number of hydrogen-bond acceptors (Lipinski definition) is 3. The molecule has 0 saturated carbocycles. The first kappa shape index (κ1) is 11.1. The lowest BCUT2D eigenvalue weighted by Crippen LogP contribution is -2.16. The van der Waals surface area contributed by atoms with Crippen molar-refractivity contribution in [2.45, 2.75) is 33.2 Å². The van der Waals surface area contributed by atoms with Crippen LogP contribution < -0.4 is 5.32 Å². The molecular weight excluding hydrogens is 174 g/mol. The van der Waals surface area contributed by atoms with Gasteiger partial charge in [0.05, 0.1) is 5.69 Å². The number of rotatable bonds is 6. The zero-order chi connectivity index (χ0) is 10.2. The molecule has 1 rings (SSSR count). The van der Waals surface area contributed by atoms with E-state index in [0.29, 0.717) is 0 Å². The summed E-state index contributed by atoms with van der Waals surface area (Å²) in [6.45, 7) is 6.43. The van der Waals surface area contributed by atoms with Gasteiger partial charge in [0, 0.05) is 12.7 Å². The topological polar surface area (TPSA) is 37.8 Å². The summed E-state index contributed by atoms with van der Waals surface area (Å²) in [4.78, 5) is 8.01. The number of nitrogens with zero attached hydrogens (tertiary/aromatic N) is 2. The van der Waals surface area contributed by atoms with Crippen LogP contribution in [0.3, 0.4) is 0 Å². The van der Waals surface area contributed by atoms with Crippen molar-refractivity contribution >= 4 is 0 Å². The maximum absolute atomic E-state index is 4.14. The molecule has 0 spiro atoms. The Labute approximate surface area is 86.0 Å². The SMILES string of the molecule is CC(C)CCCNCc1ccncn1. The summed E-state index contributed by atoms with van der Waals surface area (Å²) in [5.41, 5.74) is 1.06. The molecule has 0 aliphatic heterocycles. The van der Waals surface area contributed by atoms with Gasteiger partial charge in [-0.1, -0.05) is 13.8 Å². The molecular formula is C11H19N3. The molecule has 3 heteroatoms. The Morgan fingerprint density at radius 3 is 2.93 bits per heavy atom. The summed E-state index contributed by atoms with van der Waals surface area (Å²) in [6, 6.07) is 1.94. The zero-order valence-electron chi connectivity index (χ0n) is 9.03. The largest absolute Gasteiger partial charge is 0.311 e. The van der Waals surface area contributed by atoms with Gasteiger partial charge in [-0.2, -0.15) is 0 Å². The third kappa shape index (κ3) is 4.92. The Kier molecular flexibility index (Phi) is 5.15. The second-order valence-electron chi connectivity index (χ2n) is 3.91. The molecule has 3 nitrogen and oxygen atoms in total. The highest BCUT2D eigenvalue weighted by atomic mass is 14.9. The van der Waals surface area contributed by atoms with Gasteiger partial charge >= 0.3 is 0 Å². The van der Waals surface area contributed by atoms with E-state index < -0.39 is 0 Å². The van der Waals surface area contributed by atoms with Crippen molar-refractivity contribution in [3.8, 4) is 0 Å². The number of nitrogens with one attached hydrogen (secondary N) is 1. The van der Waals surface area contributed by atoms with Crippen LogP contribution in [0, 0.1) is 5.92 Å². The molecule has 14 heavy (non-hydrogen) atoms. The van der Waals surface area contributed by atoms with Crippen LogP contribution in [0.25, 0.3) is 0 Å². The molecule has 1 aromatic rings. The average molecular weight is 193 g/mol. The molecule has 0 radical (unpaired) electrons. The Bertz CT molecular complexity index is 234. The van der Waals surface area contributed by atoms with E-state index in [1.165, 1.54) is 12.8 Å². The van der Waals surface area contributed by atoms with Crippen LogP contribution in [0.4, 0.5) is 0 Å². The molecule has 0 unspecified atom stereocenters. The van der Waals surface area contributed by atoms with Gasteiger partial charge in [0.1, 0.15) is 6.33 Å². The van der Waals surface area contributed by atoms with E-state index in [1.807, 2.05) is 6.07 Å². The summed E-state index contributed by atoms with van der Waals surface area (Å²) >= 11 is 0. The maximum atomic E-state index is 4.14. The Balaban J connectivity index is 2.05. The fraction of sp³-hybridized carbons (Fsp3) is 0.636. The summed E-state index contributed by atoms with van der Waals surface area (Å²) in [5, 5.41) is 3.37. The molecule has 78 valence electrons.